The zero-order chi connectivity index (χ0) is 12.9. The van der Waals surface area contributed by atoms with Crippen LogP contribution in [0.2, 0.25) is 0 Å². The standard InChI is InChI=1S/C12H27NO4/c1-4-15-6-7-16-10-12(14)9-13-8-11(3)17-5-2/h11-14H,4-10H2,1-3H3. The largest absolute Gasteiger partial charge is 0.389 e. The lowest BCUT2D eigenvalue weighted by Crippen LogP contribution is -2.35. The lowest BCUT2D eigenvalue weighted by Gasteiger charge is -2.15. The van der Waals surface area contributed by atoms with E-state index in [-0.39, 0.29) is 6.10 Å². The van der Waals surface area contributed by atoms with E-state index >= 15 is 0 Å². The maximum absolute atomic E-state index is 9.58. The van der Waals surface area contributed by atoms with Crippen LogP contribution in [0.25, 0.3) is 0 Å². The molecule has 5 heteroatoms. The SMILES string of the molecule is CCOCCOCC(O)CNCC(C)OCC. The summed E-state index contributed by atoms with van der Waals surface area (Å²) in [6.45, 7) is 10.0. The van der Waals surface area contributed by atoms with E-state index in [0.717, 1.165) is 6.54 Å². The van der Waals surface area contributed by atoms with Gasteiger partial charge in [0.2, 0.25) is 0 Å². The molecule has 0 aromatic heterocycles. The number of hydrogen-bond acceptors (Lipinski definition) is 5. The summed E-state index contributed by atoms with van der Waals surface area (Å²) in [5, 5.41) is 12.7. The van der Waals surface area contributed by atoms with Crippen molar-refractivity contribution in [3.8, 4) is 0 Å². The molecule has 0 bridgehead atoms. The number of aliphatic hydroxyl groups excluding tert-OH is 1. The van der Waals surface area contributed by atoms with Gasteiger partial charge in [-0.25, -0.2) is 0 Å². The van der Waals surface area contributed by atoms with Gasteiger partial charge in [-0.05, 0) is 20.8 Å². The molecule has 0 fully saturated rings. The Labute approximate surface area is 104 Å². The van der Waals surface area contributed by atoms with Gasteiger partial charge in [0.25, 0.3) is 0 Å². The molecule has 0 aromatic carbocycles. The number of ether oxygens (including phenoxy) is 3. The van der Waals surface area contributed by atoms with Crippen LogP contribution in [-0.4, -0.2) is 63.4 Å². The van der Waals surface area contributed by atoms with Crippen molar-refractivity contribution in [2.24, 2.45) is 0 Å². The Morgan fingerprint density at radius 1 is 1.06 bits per heavy atom. The van der Waals surface area contributed by atoms with Crippen LogP contribution in [0.5, 0.6) is 0 Å². The van der Waals surface area contributed by atoms with Crippen molar-refractivity contribution in [2.75, 3.05) is 46.1 Å². The minimum absolute atomic E-state index is 0.172. The van der Waals surface area contributed by atoms with Crippen LogP contribution < -0.4 is 5.32 Å². The maximum Gasteiger partial charge on any atom is 0.0897 e. The van der Waals surface area contributed by atoms with Crippen molar-refractivity contribution >= 4 is 0 Å². The van der Waals surface area contributed by atoms with Gasteiger partial charge in [0.05, 0.1) is 32.0 Å². The predicted octanol–water partition coefficient (Wildman–Crippen LogP) is 0.415. The summed E-state index contributed by atoms with van der Waals surface area (Å²) in [4.78, 5) is 0. The highest BCUT2D eigenvalue weighted by Crippen LogP contribution is 1.89. The Kier molecular flexibility index (Phi) is 12.1. The van der Waals surface area contributed by atoms with Crippen LogP contribution in [0.1, 0.15) is 20.8 Å². The van der Waals surface area contributed by atoms with Crippen LogP contribution in [0.3, 0.4) is 0 Å². The lowest BCUT2D eigenvalue weighted by molar-refractivity contribution is 0.00479. The Morgan fingerprint density at radius 3 is 2.41 bits per heavy atom. The van der Waals surface area contributed by atoms with Crippen LogP contribution >= 0.6 is 0 Å². The minimum atomic E-state index is -0.481. The van der Waals surface area contributed by atoms with E-state index in [0.29, 0.717) is 39.6 Å². The van der Waals surface area contributed by atoms with Crippen molar-refractivity contribution in [1.29, 1.82) is 0 Å². The molecule has 0 aromatic rings. The molecule has 0 rings (SSSR count). The zero-order valence-corrected chi connectivity index (χ0v) is 11.3. The molecule has 0 spiro atoms. The molecule has 0 amide bonds. The molecule has 2 N–H and O–H groups in total. The van der Waals surface area contributed by atoms with Gasteiger partial charge in [0, 0.05) is 26.3 Å². The highest BCUT2D eigenvalue weighted by atomic mass is 16.5. The maximum atomic E-state index is 9.58. The van der Waals surface area contributed by atoms with Crippen molar-refractivity contribution in [3.63, 3.8) is 0 Å². The highest BCUT2D eigenvalue weighted by Gasteiger charge is 2.05. The molecule has 0 aliphatic carbocycles. The smallest absolute Gasteiger partial charge is 0.0897 e. The van der Waals surface area contributed by atoms with Gasteiger partial charge in [-0.3, -0.25) is 0 Å². The number of hydrogen-bond donors (Lipinski definition) is 2. The first-order chi connectivity index (χ1) is 8.20. The third-order valence-electron chi connectivity index (χ3n) is 2.15. The molecule has 0 aliphatic heterocycles. The first kappa shape index (κ1) is 16.8. The molecule has 5 nitrogen and oxygen atoms in total. The van der Waals surface area contributed by atoms with Gasteiger partial charge in [-0.2, -0.15) is 0 Å². The minimum Gasteiger partial charge on any atom is -0.389 e. The molecule has 0 saturated carbocycles. The monoisotopic (exact) mass is 249 g/mol. The van der Waals surface area contributed by atoms with E-state index in [1.54, 1.807) is 0 Å². The van der Waals surface area contributed by atoms with Crippen molar-refractivity contribution in [3.05, 3.63) is 0 Å². The fraction of sp³-hybridized carbons (Fsp3) is 1.00. The summed E-state index contributed by atoms with van der Waals surface area (Å²) in [6.07, 6.45) is -0.309. The van der Waals surface area contributed by atoms with Crippen LogP contribution in [0.15, 0.2) is 0 Å². The summed E-state index contributed by atoms with van der Waals surface area (Å²) in [5.74, 6) is 0. The van der Waals surface area contributed by atoms with Crippen molar-refractivity contribution < 1.29 is 19.3 Å². The summed E-state index contributed by atoms with van der Waals surface area (Å²) < 4.78 is 15.7. The molecule has 0 heterocycles. The van der Waals surface area contributed by atoms with Crippen molar-refractivity contribution in [2.45, 2.75) is 33.0 Å². The zero-order valence-electron chi connectivity index (χ0n) is 11.3. The van der Waals surface area contributed by atoms with Gasteiger partial charge < -0.3 is 24.6 Å². The topological polar surface area (TPSA) is 60.0 Å². The normalized spacial score (nSPS) is 14.8. The average Bonchev–Trinajstić information content (AvgIpc) is 2.29. The van der Waals surface area contributed by atoms with Crippen molar-refractivity contribution in [1.82, 2.24) is 5.32 Å². The predicted molar refractivity (Wildman–Crippen MR) is 67.3 cm³/mol. The van der Waals surface area contributed by atoms with E-state index in [2.05, 4.69) is 5.32 Å². The fourth-order valence-electron chi connectivity index (χ4n) is 1.34. The quantitative estimate of drug-likeness (QED) is 0.491. The summed E-state index contributed by atoms with van der Waals surface area (Å²) in [6, 6.07) is 0. The third-order valence-corrected chi connectivity index (χ3v) is 2.15. The first-order valence-electron chi connectivity index (χ1n) is 6.36. The molecule has 2 atom stereocenters. The van der Waals surface area contributed by atoms with E-state index in [1.807, 2.05) is 20.8 Å². The van der Waals surface area contributed by atoms with E-state index in [4.69, 9.17) is 14.2 Å². The van der Waals surface area contributed by atoms with Crippen LogP contribution in [-0.2, 0) is 14.2 Å². The number of nitrogens with one attached hydrogen (secondary N) is 1. The number of aliphatic hydroxyl groups is 1. The average molecular weight is 249 g/mol. The molecule has 0 radical (unpaired) electrons. The van der Waals surface area contributed by atoms with Gasteiger partial charge in [0.15, 0.2) is 0 Å². The molecule has 2 unspecified atom stereocenters. The van der Waals surface area contributed by atoms with E-state index < -0.39 is 6.10 Å². The number of rotatable bonds is 12. The Morgan fingerprint density at radius 2 is 1.76 bits per heavy atom. The Hall–Kier alpha value is -0.200. The summed E-state index contributed by atoms with van der Waals surface area (Å²) in [5.41, 5.74) is 0. The highest BCUT2D eigenvalue weighted by molar-refractivity contribution is 4.61. The second-order valence-electron chi connectivity index (χ2n) is 3.85. The lowest BCUT2D eigenvalue weighted by atomic mass is 10.3. The summed E-state index contributed by atoms with van der Waals surface area (Å²) in [7, 11) is 0. The van der Waals surface area contributed by atoms with Gasteiger partial charge in [-0.1, -0.05) is 0 Å². The van der Waals surface area contributed by atoms with Gasteiger partial charge in [-0.15, -0.1) is 0 Å². The second kappa shape index (κ2) is 12.3. The van der Waals surface area contributed by atoms with E-state index in [9.17, 15) is 5.11 Å². The third kappa shape index (κ3) is 12.1. The van der Waals surface area contributed by atoms with E-state index in [1.165, 1.54) is 0 Å². The fourth-order valence-corrected chi connectivity index (χ4v) is 1.34. The molecule has 17 heavy (non-hydrogen) atoms. The second-order valence-corrected chi connectivity index (χ2v) is 3.85. The van der Waals surface area contributed by atoms with Crippen LogP contribution in [0.4, 0.5) is 0 Å². The molecular formula is C12H27NO4. The first-order valence-corrected chi connectivity index (χ1v) is 6.36. The Balaban J connectivity index is 3.25. The van der Waals surface area contributed by atoms with Gasteiger partial charge >= 0.3 is 0 Å². The van der Waals surface area contributed by atoms with Gasteiger partial charge in [0.1, 0.15) is 0 Å². The summed E-state index contributed by atoms with van der Waals surface area (Å²) >= 11 is 0. The molecular weight excluding hydrogens is 222 g/mol. The molecule has 0 aliphatic rings. The molecule has 0 saturated heterocycles. The van der Waals surface area contributed by atoms with Crippen LogP contribution in [0, 0.1) is 0 Å². The Bertz CT molecular complexity index is 157. The molecule has 104 valence electrons.